The summed E-state index contributed by atoms with van der Waals surface area (Å²) < 4.78 is 6.76. The van der Waals surface area contributed by atoms with Crippen molar-refractivity contribution in [3.8, 4) is 17.1 Å². The standard InChI is InChI=1S/C13H13BrN2OS/c1-7-4-5-9(10(6-7)17-3)12-15-8(2)11(14)13(18)16-12/h4-6H,1-3H3,(H,15,16,18). The fraction of sp³-hybridized carbons (Fsp3) is 0.231. The van der Waals surface area contributed by atoms with Crippen LogP contribution < -0.4 is 4.74 Å². The molecule has 0 bridgehead atoms. The highest BCUT2D eigenvalue weighted by atomic mass is 79.9. The number of ether oxygens (including phenoxy) is 1. The minimum absolute atomic E-state index is 0.545. The van der Waals surface area contributed by atoms with Gasteiger partial charge >= 0.3 is 0 Å². The van der Waals surface area contributed by atoms with E-state index < -0.39 is 0 Å². The first kappa shape index (κ1) is 13.2. The predicted molar refractivity (Wildman–Crippen MR) is 78.6 cm³/mol. The van der Waals surface area contributed by atoms with Gasteiger partial charge in [0.05, 0.1) is 17.1 Å². The van der Waals surface area contributed by atoms with Gasteiger partial charge in [0.25, 0.3) is 0 Å². The Balaban J connectivity index is 2.66. The summed E-state index contributed by atoms with van der Waals surface area (Å²) in [5.41, 5.74) is 3.00. The first-order valence-corrected chi connectivity index (χ1v) is 6.64. The van der Waals surface area contributed by atoms with Crippen molar-refractivity contribution in [1.29, 1.82) is 0 Å². The van der Waals surface area contributed by atoms with Gasteiger partial charge in [-0.25, -0.2) is 4.98 Å². The van der Waals surface area contributed by atoms with E-state index in [1.165, 1.54) is 0 Å². The lowest BCUT2D eigenvalue weighted by Crippen LogP contribution is -1.97. The Morgan fingerprint density at radius 3 is 2.67 bits per heavy atom. The fourth-order valence-electron chi connectivity index (χ4n) is 1.69. The molecule has 1 aromatic carbocycles. The van der Waals surface area contributed by atoms with Crippen molar-refractivity contribution in [3.05, 3.63) is 38.6 Å². The quantitative estimate of drug-likeness (QED) is 0.841. The summed E-state index contributed by atoms with van der Waals surface area (Å²) in [5, 5.41) is 0. The molecule has 0 radical (unpaired) electrons. The van der Waals surface area contributed by atoms with E-state index in [1.54, 1.807) is 7.11 Å². The summed E-state index contributed by atoms with van der Waals surface area (Å²) in [5.74, 6) is 1.51. The SMILES string of the molecule is COc1cc(C)ccc1-c1nc(=S)c(Br)c(C)[nH]1. The van der Waals surface area contributed by atoms with Gasteiger partial charge in [-0.2, -0.15) is 0 Å². The monoisotopic (exact) mass is 324 g/mol. The zero-order valence-electron chi connectivity index (χ0n) is 10.4. The van der Waals surface area contributed by atoms with E-state index in [-0.39, 0.29) is 0 Å². The number of methoxy groups -OCH3 is 1. The molecule has 3 nitrogen and oxygen atoms in total. The molecule has 1 N–H and O–H groups in total. The molecule has 0 aliphatic rings. The fourth-order valence-corrected chi connectivity index (χ4v) is 2.13. The van der Waals surface area contributed by atoms with Crippen molar-refractivity contribution >= 4 is 28.1 Å². The maximum atomic E-state index is 5.38. The Labute approximate surface area is 119 Å². The summed E-state index contributed by atoms with van der Waals surface area (Å²) in [6, 6.07) is 5.98. The second-order valence-electron chi connectivity index (χ2n) is 4.03. The average Bonchev–Trinajstić information content (AvgIpc) is 2.35. The molecule has 0 saturated heterocycles. The number of nitrogens with zero attached hydrogens (tertiary/aromatic N) is 1. The highest BCUT2D eigenvalue weighted by molar-refractivity contribution is 9.10. The van der Waals surface area contributed by atoms with Crippen LogP contribution >= 0.6 is 28.1 Å². The maximum absolute atomic E-state index is 5.38. The summed E-state index contributed by atoms with van der Waals surface area (Å²) >= 11 is 8.62. The van der Waals surface area contributed by atoms with Gasteiger partial charge < -0.3 is 9.72 Å². The molecule has 5 heteroatoms. The molecule has 0 aliphatic carbocycles. The molecule has 2 rings (SSSR count). The number of hydrogen-bond acceptors (Lipinski definition) is 3. The van der Waals surface area contributed by atoms with Crippen molar-refractivity contribution in [2.75, 3.05) is 7.11 Å². The third kappa shape index (κ3) is 2.47. The molecule has 0 spiro atoms. The maximum Gasteiger partial charge on any atom is 0.144 e. The zero-order chi connectivity index (χ0) is 13.3. The van der Waals surface area contributed by atoms with Crippen LogP contribution in [0, 0.1) is 18.5 Å². The Hall–Kier alpha value is -1.20. The lowest BCUT2D eigenvalue weighted by Gasteiger charge is -2.10. The first-order chi connectivity index (χ1) is 8.52. The van der Waals surface area contributed by atoms with Gasteiger partial charge in [0.2, 0.25) is 0 Å². The van der Waals surface area contributed by atoms with Gasteiger partial charge in [0, 0.05) is 5.69 Å². The van der Waals surface area contributed by atoms with Crippen LogP contribution in [0.2, 0.25) is 0 Å². The lowest BCUT2D eigenvalue weighted by molar-refractivity contribution is 0.416. The van der Waals surface area contributed by atoms with E-state index in [2.05, 4.69) is 25.9 Å². The number of H-pyrrole nitrogens is 1. The number of aromatic amines is 1. The van der Waals surface area contributed by atoms with Gasteiger partial charge in [-0.05, 0) is 47.5 Å². The number of nitrogens with one attached hydrogen (secondary N) is 1. The normalized spacial score (nSPS) is 10.4. The van der Waals surface area contributed by atoms with Crippen LogP contribution in [-0.2, 0) is 0 Å². The number of hydrogen-bond donors (Lipinski definition) is 1. The number of halogens is 1. The van der Waals surface area contributed by atoms with Crippen molar-refractivity contribution in [3.63, 3.8) is 0 Å². The lowest BCUT2D eigenvalue weighted by atomic mass is 10.1. The molecule has 2 aromatic rings. The first-order valence-electron chi connectivity index (χ1n) is 5.44. The van der Waals surface area contributed by atoms with E-state index in [0.29, 0.717) is 4.64 Å². The van der Waals surface area contributed by atoms with Crippen molar-refractivity contribution in [2.45, 2.75) is 13.8 Å². The van der Waals surface area contributed by atoms with Crippen LogP contribution in [0.1, 0.15) is 11.3 Å². The molecule has 0 saturated carbocycles. The molecular weight excluding hydrogens is 312 g/mol. The van der Waals surface area contributed by atoms with Crippen molar-refractivity contribution in [2.24, 2.45) is 0 Å². The Bertz CT molecular complexity index is 652. The molecule has 0 amide bonds. The van der Waals surface area contributed by atoms with E-state index >= 15 is 0 Å². The molecular formula is C13H13BrN2OS. The molecule has 0 atom stereocenters. The molecule has 0 aliphatic heterocycles. The number of benzene rings is 1. The van der Waals surface area contributed by atoms with Crippen LogP contribution in [0.3, 0.4) is 0 Å². The van der Waals surface area contributed by atoms with Gasteiger partial charge in [-0.3, -0.25) is 0 Å². The minimum atomic E-state index is 0.545. The summed E-state index contributed by atoms with van der Waals surface area (Å²) in [4.78, 5) is 7.60. The Morgan fingerprint density at radius 2 is 2.06 bits per heavy atom. The topological polar surface area (TPSA) is 37.9 Å². The predicted octanol–water partition coefficient (Wildman–Crippen LogP) is 4.19. The third-order valence-corrected chi connectivity index (χ3v) is 4.18. The van der Waals surface area contributed by atoms with Crippen LogP contribution in [0.5, 0.6) is 5.75 Å². The minimum Gasteiger partial charge on any atom is -0.496 e. The van der Waals surface area contributed by atoms with Gasteiger partial charge in [-0.15, -0.1) is 0 Å². The smallest absolute Gasteiger partial charge is 0.144 e. The molecule has 18 heavy (non-hydrogen) atoms. The highest BCUT2D eigenvalue weighted by Crippen LogP contribution is 2.29. The van der Waals surface area contributed by atoms with Crippen LogP contribution in [0.15, 0.2) is 22.7 Å². The van der Waals surface area contributed by atoms with E-state index in [4.69, 9.17) is 17.0 Å². The largest absolute Gasteiger partial charge is 0.496 e. The number of aromatic nitrogens is 2. The Kier molecular flexibility index (Phi) is 3.82. The molecule has 1 aromatic heterocycles. The van der Waals surface area contributed by atoms with E-state index in [9.17, 15) is 0 Å². The average molecular weight is 325 g/mol. The summed E-state index contributed by atoms with van der Waals surface area (Å²) in [7, 11) is 1.65. The van der Waals surface area contributed by atoms with Crippen molar-refractivity contribution in [1.82, 2.24) is 9.97 Å². The molecule has 1 heterocycles. The van der Waals surface area contributed by atoms with E-state index in [0.717, 1.165) is 32.9 Å². The highest BCUT2D eigenvalue weighted by Gasteiger charge is 2.10. The Morgan fingerprint density at radius 1 is 1.33 bits per heavy atom. The summed E-state index contributed by atoms with van der Waals surface area (Å²) in [6.45, 7) is 3.97. The van der Waals surface area contributed by atoms with Crippen LogP contribution in [0.25, 0.3) is 11.4 Å². The van der Waals surface area contributed by atoms with Gasteiger partial charge in [-0.1, -0.05) is 18.3 Å². The summed E-state index contributed by atoms with van der Waals surface area (Å²) in [6.07, 6.45) is 0. The number of aryl methyl sites for hydroxylation is 2. The molecule has 94 valence electrons. The van der Waals surface area contributed by atoms with Gasteiger partial charge in [0.1, 0.15) is 16.2 Å². The van der Waals surface area contributed by atoms with Crippen LogP contribution in [0.4, 0.5) is 0 Å². The van der Waals surface area contributed by atoms with Crippen LogP contribution in [-0.4, -0.2) is 17.1 Å². The molecule has 0 fully saturated rings. The van der Waals surface area contributed by atoms with E-state index in [1.807, 2.05) is 32.0 Å². The van der Waals surface area contributed by atoms with Crippen molar-refractivity contribution < 1.29 is 4.74 Å². The zero-order valence-corrected chi connectivity index (χ0v) is 12.8. The number of rotatable bonds is 2. The second-order valence-corrected chi connectivity index (χ2v) is 5.21. The third-order valence-electron chi connectivity index (χ3n) is 2.65. The van der Waals surface area contributed by atoms with Gasteiger partial charge in [0.15, 0.2) is 0 Å². The molecule has 0 unspecified atom stereocenters. The second kappa shape index (κ2) is 5.20.